The predicted octanol–water partition coefficient (Wildman–Crippen LogP) is 0.748. The van der Waals surface area contributed by atoms with Crippen molar-refractivity contribution in [2.45, 2.75) is 0 Å². The fourth-order valence-corrected chi connectivity index (χ4v) is 0.798. The quantitative estimate of drug-likeness (QED) is 0.431. The van der Waals surface area contributed by atoms with Crippen molar-refractivity contribution < 1.29 is 27.2 Å². The summed E-state index contributed by atoms with van der Waals surface area (Å²) in [5.41, 5.74) is 0. The molecule has 0 atom stereocenters. The van der Waals surface area contributed by atoms with E-state index in [-0.39, 0.29) is 0 Å². The van der Waals surface area contributed by atoms with Gasteiger partial charge in [-0.25, -0.2) is 0 Å². The summed E-state index contributed by atoms with van der Waals surface area (Å²) in [6.07, 6.45) is 0. The fourth-order valence-electron chi connectivity index (χ4n) is 0.798. The molecule has 0 heterocycles. The highest BCUT2D eigenvalue weighted by molar-refractivity contribution is 5.37. The number of rotatable bonds is 2. The summed E-state index contributed by atoms with van der Waals surface area (Å²) in [5.74, 6) is -1.29. The normalized spacial score (nSPS) is 10.1. The zero-order valence-electron chi connectivity index (χ0n) is 6.48. The Morgan fingerprint density at radius 2 is 0.857 bits per heavy atom. The van der Waals surface area contributed by atoms with Crippen molar-refractivity contribution in [3.8, 4) is 11.5 Å². The lowest BCUT2D eigenvalue weighted by Gasteiger charge is -2.07. The molecule has 0 aliphatic heterocycles. The highest BCUT2D eigenvalue weighted by atomic mass is 19.2. The Hall–Kier alpha value is -1.54. The van der Waals surface area contributed by atoms with E-state index >= 15 is 0 Å². The van der Waals surface area contributed by atoms with Crippen LogP contribution in [0.2, 0.25) is 0 Å². The molecule has 8 heteroatoms. The molecule has 0 spiro atoms. The maximum absolute atomic E-state index is 12.8. The SMILES string of the molecule is NOc1c(F)c(F)c(ON)c(F)c1F. The Morgan fingerprint density at radius 1 is 0.643 bits per heavy atom. The van der Waals surface area contributed by atoms with Crippen LogP contribution in [-0.2, 0) is 0 Å². The molecule has 14 heavy (non-hydrogen) atoms. The zero-order valence-corrected chi connectivity index (χ0v) is 6.48. The van der Waals surface area contributed by atoms with Gasteiger partial charge >= 0.3 is 0 Å². The van der Waals surface area contributed by atoms with Crippen LogP contribution in [0.25, 0.3) is 0 Å². The third kappa shape index (κ3) is 1.34. The van der Waals surface area contributed by atoms with Crippen molar-refractivity contribution in [3.05, 3.63) is 23.3 Å². The number of hydrogen-bond acceptors (Lipinski definition) is 4. The van der Waals surface area contributed by atoms with E-state index in [0.717, 1.165) is 0 Å². The molecule has 0 radical (unpaired) electrons. The molecule has 4 N–H and O–H groups in total. The summed E-state index contributed by atoms with van der Waals surface area (Å²) in [5, 5.41) is 0. The molecule has 0 saturated heterocycles. The second-order valence-corrected chi connectivity index (χ2v) is 2.15. The van der Waals surface area contributed by atoms with Crippen molar-refractivity contribution in [2.24, 2.45) is 11.8 Å². The van der Waals surface area contributed by atoms with E-state index in [1.54, 1.807) is 0 Å². The van der Waals surface area contributed by atoms with E-state index in [0.29, 0.717) is 0 Å². The summed E-state index contributed by atoms with van der Waals surface area (Å²) < 4.78 is 51.1. The monoisotopic (exact) mass is 212 g/mol. The Bertz CT molecular complexity index is 307. The first-order valence-corrected chi connectivity index (χ1v) is 3.14. The van der Waals surface area contributed by atoms with Gasteiger partial charge in [-0.3, -0.25) is 0 Å². The lowest BCUT2D eigenvalue weighted by Crippen LogP contribution is -2.13. The van der Waals surface area contributed by atoms with Crippen molar-refractivity contribution >= 4 is 0 Å². The molecular formula is C6H4F4N2O2. The average molecular weight is 212 g/mol. The van der Waals surface area contributed by atoms with Gasteiger partial charge in [0.2, 0.25) is 34.8 Å². The summed E-state index contributed by atoms with van der Waals surface area (Å²) >= 11 is 0. The standard InChI is InChI=1S/C6H4F4N2O2/c7-1-2(8)6(14-12)4(10)3(9)5(1)13-11/h11-12H2. The van der Waals surface area contributed by atoms with Crippen LogP contribution in [0, 0.1) is 23.3 Å². The van der Waals surface area contributed by atoms with E-state index < -0.39 is 34.8 Å². The van der Waals surface area contributed by atoms with Gasteiger partial charge in [-0.1, -0.05) is 0 Å². The molecule has 0 aliphatic rings. The molecule has 0 aromatic heterocycles. The first-order chi connectivity index (χ1) is 6.54. The van der Waals surface area contributed by atoms with Gasteiger partial charge < -0.3 is 9.68 Å². The van der Waals surface area contributed by atoms with Gasteiger partial charge in [-0.2, -0.15) is 29.4 Å². The Balaban J connectivity index is 3.55. The van der Waals surface area contributed by atoms with Crippen LogP contribution in [0.5, 0.6) is 11.5 Å². The minimum atomic E-state index is -1.83. The lowest BCUT2D eigenvalue weighted by atomic mass is 10.2. The topological polar surface area (TPSA) is 70.5 Å². The Kier molecular flexibility index (Phi) is 2.77. The van der Waals surface area contributed by atoms with Crippen molar-refractivity contribution in [3.63, 3.8) is 0 Å². The van der Waals surface area contributed by atoms with Crippen LogP contribution in [0.15, 0.2) is 0 Å². The van der Waals surface area contributed by atoms with Crippen molar-refractivity contribution in [2.75, 3.05) is 0 Å². The first kappa shape index (κ1) is 10.5. The van der Waals surface area contributed by atoms with E-state index in [2.05, 4.69) is 21.5 Å². The Labute approximate surface area is 74.9 Å². The first-order valence-electron chi connectivity index (χ1n) is 3.14. The van der Waals surface area contributed by atoms with E-state index in [4.69, 9.17) is 0 Å². The zero-order chi connectivity index (χ0) is 10.9. The van der Waals surface area contributed by atoms with Crippen LogP contribution in [0.3, 0.4) is 0 Å². The molecule has 4 nitrogen and oxygen atoms in total. The molecule has 1 aromatic rings. The third-order valence-electron chi connectivity index (χ3n) is 1.42. The predicted molar refractivity (Wildman–Crippen MR) is 35.9 cm³/mol. The van der Waals surface area contributed by atoms with Gasteiger partial charge in [-0.15, -0.1) is 0 Å². The van der Waals surface area contributed by atoms with Crippen LogP contribution < -0.4 is 21.5 Å². The lowest BCUT2D eigenvalue weighted by molar-refractivity contribution is 0.251. The Morgan fingerprint density at radius 3 is 1.00 bits per heavy atom. The minimum Gasteiger partial charge on any atom is -0.405 e. The van der Waals surface area contributed by atoms with E-state index in [1.165, 1.54) is 0 Å². The summed E-state index contributed by atoms with van der Waals surface area (Å²) in [7, 11) is 0. The summed E-state index contributed by atoms with van der Waals surface area (Å²) in [6.45, 7) is 0. The smallest absolute Gasteiger partial charge is 0.224 e. The molecule has 0 amide bonds. The highest BCUT2D eigenvalue weighted by Crippen LogP contribution is 2.33. The molecule has 1 rings (SSSR count). The second kappa shape index (κ2) is 3.68. The van der Waals surface area contributed by atoms with Gasteiger partial charge in [0, 0.05) is 0 Å². The van der Waals surface area contributed by atoms with Gasteiger partial charge in [0.1, 0.15) is 0 Å². The average Bonchev–Trinajstić information content (AvgIpc) is 2.17. The van der Waals surface area contributed by atoms with E-state index in [9.17, 15) is 17.6 Å². The molecule has 0 saturated carbocycles. The second-order valence-electron chi connectivity index (χ2n) is 2.15. The molecule has 0 fully saturated rings. The largest absolute Gasteiger partial charge is 0.405 e. The maximum Gasteiger partial charge on any atom is 0.224 e. The number of halogens is 4. The van der Waals surface area contributed by atoms with Gasteiger partial charge in [0.05, 0.1) is 0 Å². The fraction of sp³-hybridized carbons (Fsp3) is 0. The summed E-state index contributed by atoms with van der Waals surface area (Å²) in [4.78, 5) is 7.22. The number of hydrogen-bond donors (Lipinski definition) is 2. The van der Waals surface area contributed by atoms with Crippen molar-refractivity contribution in [1.82, 2.24) is 0 Å². The molecule has 1 aromatic carbocycles. The van der Waals surface area contributed by atoms with Gasteiger partial charge in [0.15, 0.2) is 0 Å². The number of nitrogens with two attached hydrogens (primary N) is 2. The van der Waals surface area contributed by atoms with Crippen LogP contribution in [-0.4, -0.2) is 0 Å². The molecule has 0 bridgehead atoms. The van der Waals surface area contributed by atoms with Crippen LogP contribution in [0.4, 0.5) is 17.6 Å². The summed E-state index contributed by atoms with van der Waals surface area (Å²) in [6, 6.07) is 0. The third-order valence-corrected chi connectivity index (χ3v) is 1.42. The number of benzene rings is 1. The van der Waals surface area contributed by atoms with E-state index in [1.807, 2.05) is 0 Å². The van der Waals surface area contributed by atoms with Crippen molar-refractivity contribution in [1.29, 1.82) is 0 Å². The molecule has 78 valence electrons. The van der Waals surface area contributed by atoms with Gasteiger partial charge in [-0.05, 0) is 0 Å². The minimum absolute atomic E-state index is 1.39. The molecule has 0 unspecified atom stereocenters. The van der Waals surface area contributed by atoms with Crippen LogP contribution in [0.1, 0.15) is 0 Å². The van der Waals surface area contributed by atoms with Gasteiger partial charge in [0.25, 0.3) is 0 Å². The molecular weight excluding hydrogens is 208 g/mol. The highest BCUT2D eigenvalue weighted by Gasteiger charge is 2.27. The molecule has 0 aliphatic carbocycles. The van der Waals surface area contributed by atoms with Crippen LogP contribution >= 0.6 is 0 Å². The maximum atomic E-state index is 12.8.